The predicted molar refractivity (Wildman–Crippen MR) is 110 cm³/mol. The Hall–Kier alpha value is -2.86. The predicted octanol–water partition coefficient (Wildman–Crippen LogP) is 3.84. The average Bonchev–Trinajstić information content (AvgIpc) is 3.10. The minimum atomic E-state index is -0.346. The van der Waals surface area contributed by atoms with Crippen LogP contribution < -0.4 is 10.6 Å². The molecule has 0 aliphatic rings. The number of nitrogens with one attached hydrogen (secondary N) is 2. The van der Waals surface area contributed by atoms with Gasteiger partial charge in [-0.25, -0.2) is 4.98 Å². The summed E-state index contributed by atoms with van der Waals surface area (Å²) in [4.78, 5) is 29.6. The number of carbonyl (C=O) groups excluding carboxylic acids is 2. The number of imidazole rings is 1. The molecule has 2 aromatic heterocycles. The topological polar surface area (TPSA) is 75.5 Å². The Morgan fingerprint density at radius 2 is 1.82 bits per heavy atom. The second-order valence-electron chi connectivity index (χ2n) is 6.51. The van der Waals surface area contributed by atoms with Crippen LogP contribution in [0.15, 0.2) is 48.7 Å². The minimum absolute atomic E-state index is 0.184. The molecule has 0 saturated carbocycles. The Bertz CT molecular complexity index is 966. The molecule has 2 N–H and O–H groups in total. The van der Waals surface area contributed by atoms with Crippen LogP contribution in [0.4, 0.5) is 0 Å². The summed E-state index contributed by atoms with van der Waals surface area (Å²) in [6, 6.07) is 12.6. The lowest BCUT2D eigenvalue weighted by Crippen LogP contribution is -2.26. The summed E-state index contributed by atoms with van der Waals surface area (Å²) in [6.45, 7) is 3.05. The minimum Gasteiger partial charge on any atom is -0.351 e. The lowest BCUT2D eigenvalue weighted by Gasteiger charge is -2.05. The third kappa shape index (κ3) is 4.70. The molecule has 0 fully saturated rings. The summed E-state index contributed by atoms with van der Waals surface area (Å²) in [7, 11) is 0. The van der Waals surface area contributed by atoms with Crippen molar-refractivity contribution >= 4 is 28.9 Å². The second-order valence-corrected chi connectivity index (χ2v) is 6.95. The van der Waals surface area contributed by atoms with E-state index in [0.29, 0.717) is 23.6 Å². The molecule has 0 radical (unpaired) electrons. The average molecular weight is 399 g/mol. The molecule has 146 valence electrons. The van der Waals surface area contributed by atoms with E-state index in [1.165, 1.54) is 0 Å². The second kappa shape index (κ2) is 9.37. The van der Waals surface area contributed by atoms with E-state index in [2.05, 4.69) is 22.5 Å². The molecule has 28 heavy (non-hydrogen) atoms. The van der Waals surface area contributed by atoms with Crippen LogP contribution >= 0.6 is 11.6 Å². The van der Waals surface area contributed by atoms with Crippen LogP contribution in [0, 0.1) is 0 Å². The van der Waals surface area contributed by atoms with Crippen molar-refractivity contribution in [1.82, 2.24) is 20.0 Å². The number of amides is 2. The maximum Gasteiger partial charge on any atom is 0.287 e. The molecule has 0 aliphatic carbocycles. The largest absolute Gasteiger partial charge is 0.351 e. The van der Waals surface area contributed by atoms with Gasteiger partial charge in [-0.3, -0.25) is 14.0 Å². The normalized spacial score (nSPS) is 10.8. The van der Waals surface area contributed by atoms with Crippen molar-refractivity contribution in [3.8, 4) is 0 Å². The highest BCUT2D eigenvalue weighted by atomic mass is 35.5. The zero-order valence-electron chi connectivity index (χ0n) is 15.7. The summed E-state index contributed by atoms with van der Waals surface area (Å²) in [5.74, 6) is -0.430. The van der Waals surface area contributed by atoms with Crippen LogP contribution in [0.1, 0.15) is 52.9 Å². The Balaban J connectivity index is 1.76. The van der Waals surface area contributed by atoms with E-state index in [4.69, 9.17) is 11.6 Å². The molecule has 2 heterocycles. The number of hydrogen-bond donors (Lipinski definition) is 2. The van der Waals surface area contributed by atoms with Gasteiger partial charge >= 0.3 is 0 Å². The van der Waals surface area contributed by atoms with Gasteiger partial charge in [0.1, 0.15) is 0 Å². The molecule has 3 rings (SSSR count). The number of halogens is 1. The fourth-order valence-corrected chi connectivity index (χ4v) is 3.02. The van der Waals surface area contributed by atoms with Gasteiger partial charge in [0.05, 0.1) is 5.52 Å². The molecule has 0 bridgehead atoms. The highest BCUT2D eigenvalue weighted by Gasteiger charge is 2.21. The first-order valence-electron chi connectivity index (χ1n) is 9.38. The van der Waals surface area contributed by atoms with Gasteiger partial charge in [-0.2, -0.15) is 0 Å². The molecule has 0 aliphatic heterocycles. The molecule has 1 aromatic carbocycles. The van der Waals surface area contributed by atoms with E-state index >= 15 is 0 Å². The van der Waals surface area contributed by atoms with Gasteiger partial charge in [-0.15, -0.1) is 0 Å². The Morgan fingerprint density at radius 1 is 1.04 bits per heavy atom. The molecule has 3 aromatic rings. The van der Waals surface area contributed by atoms with Crippen molar-refractivity contribution in [2.45, 2.75) is 32.7 Å². The molecular formula is C21H23ClN4O2. The Morgan fingerprint density at radius 3 is 2.57 bits per heavy atom. The van der Waals surface area contributed by atoms with Crippen LogP contribution in [-0.4, -0.2) is 27.7 Å². The number of benzene rings is 1. The number of fused-ring (bicyclic) bond motifs is 1. The van der Waals surface area contributed by atoms with Crippen LogP contribution in [-0.2, 0) is 6.54 Å². The zero-order valence-corrected chi connectivity index (χ0v) is 16.5. The first-order chi connectivity index (χ1) is 13.6. The first-order valence-corrected chi connectivity index (χ1v) is 9.76. The smallest absolute Gasteiger partial charge is 0.287 e. The molecule has 6 nitrogen and oxygen atoms in total. The third-order valence-electron chi connectivity index (χ3n) is 4.40. The van der Waals surface area contributed by atoms with Crippen molar-refractivity contribution in [2.75, 3.05) is 6.54 Å². The third-order valence-corrected chi connectivity index (χ3v) is 4.65. The van der Waals surface area contributed by atoms with Crippen molar-refractivity contribution in [3.63, 3.8) is 0 Å². The van der Waals surface area contributed by atoms with Gasteiger partial charge < -0.3 is 10.6 Å². The van der Waals surface area contributed by atoms with Crippen molar-refractivity contribution in [3.05, 3.63) is 70.8 Å². The number of hydrogen-bond acceptors (Lipinski definition) is 3. The quantitative estimate of drug-likeness (QED) is 0.566. The molecule has 2 amide bonds. The fraction of sp³-hybridized carbons (Fsp3) is 0.286. The number of rotatable bonds is 8. The van der Waals surface area contributed by atoms with Crippen LogP contribution in [0.3, 0.4) is 0 Å². The summed E-state index contributed by atoms with van der Waals surface area (Å²) in [5, 5.41) is 6.37. The first kappa shape index (κ1) is 19.9. The maximum atomic E-state index is 12.7. The molecule has 0 unspecified atom stereocenters. The van der Waals surface area contributed by atoms with Gasteiger partial charge in [0.2, 0.25) is 5.82 Å². The van der Waals surface area contributed by atoms with Crippen molar-refractivity contribution in [2.24, 2.45) is 0 Å². The van der Waals surface area contributed by atoms with E-state index in [1.54, 1.807) is 34.9 Å². The van der Waals surface area contributed by atoms with Gasteiger partial charge in [0.15, 0.2) is 5.69 Å². The lowest BCUT2D eigenvalue weighted by molar-refractivity contribution is 0.0939. The van der Waals surface area contributed by atoms with E-state index in [0.717, 1.165) is 24.8 Å². The van der Waals surface area contributed by atoms with Gasteiger partial charge in [-0.1, -0.05) is 49.6 Å². The van der Waals surface area contributed by atoms with Crippen molar-refractivity contribution < 1.29 is 9.59 Å². The highest BCUT2D eigenvalue weighted by Crippen LogP contribution is 2.14. The zero-order chi connectivity index (χ0) is 19.9. The van der Waals surface area contributed by atoms with Crippen LogP contribution in [0.25, 0.3) is 5.52 Å². The summed E-state index contributed by atoms with van der Waals surface area (Å²) >= 11 is 5.88. The Labute approximate surface area is 168 Å². The number of pyridine rings is 1. The SMILES string of the molecule is CCCCCNC(=O)c1nc(C(=O)NCc2ccc(Cl)cc2)n2ccccc12. The van der Waals surface area contributed by atoms with E-state index < -0.39 is 0 Å². The van der Waals surface area contributed by atoms with E-state index in [-0.39, 0.29) is 23.3 Å². The molecule has 0 saturated heterocycles. The van der Waals surface area contributed by atoms with Crippen LogP contribution in [0.5, 0.6) is 0 Å². The number of aromatic nitrogens is 2. The van der Waals surface area contributed by atoms with Crippen LogP contribution in [0.2, 0.25) is 5.02 Å². The number of nitrogens with zero attached hydrogens (tertiary/aromatic N) is 2. The summed E-state index contributed by atoms with van der Waals surface area (Å²) in [6.07, 6.45) is 4.79. The van der Waals surface area contributed by atoms with Gasteiger partial charge in [-0.05, 0) is 36.2 Å². The summed E-state index contributed by atoms with van der Waals surface area (Å²) in [5.41, 5.74) is 1.79. The van der Waals surface area contributed by atoms with E-state index in [1.807, 2.05) is 18.2 Å². The Kier molecular flexibility index (Phi) is 6.66. The number of carbonyl (C=O) groups is 2. The molecule has 0 atom stereocenters. The molecule has 0 spiro atoms. The monoisotopic (exact) mass is 398 g/mol. The number of unbranched alkanes of at least 4 members (excludes halogenated alkanes) is 2. The molecular weight excluding hydrogens is 376 g/mol. The summed E-state index contributed by atoms with van der Waals surface area (Å²) < 4.78 is 1.64. The standard InChI is InChI=1S/C21H23ClN4O2/c1-2-3-5-12-23-20(27)18-17-7-4-6-13-26(17)19(25-18)21(28)24-14-15-8-10-16(22)11-9-15/h4,6-11,13H,2-3,5,12,14H2,1H3,(H,23,27)(H,24,28). The maximum absolute atomic E-state index is 12.7. The fourth-order valence-electron chi connectivity index (χ4n) is 2.89. The highest BCUT2D eigenvalue weighted by molar-refractivity contribution is 6.30. The van der Waals surface area contributed by atoms with Gasteiger partial charge in [0, 0.05) is 24.3 Å². The van der Waals surface area contributed by atoms with Gasteiger partial charge in [0.25, 0.3) is 11.8 Å². The molecule has 7 heteroatoms. The lowest BCUT2D eigenvalue weighted by atomic mass is 10.2. The van der Waals surface area contributed by atoms with Crippen molar-refractivity contribution in [1.29, 1.82) is 0 Å². The van der Waals surface area contributed by atoms with E-state index in [9.17, 15) is 9.59 Å².